The van der Waals surface area contributed by atoms with E-state index in [0.717, 1.165) is 5.56 Å². The zero-order chi connectivity index (χ0) is 10.8. The predicted octanol–water partition coefficient (Wildman–Crippen LogP) is 1.38. The van der Waals surface area contributed by atoms with Crippen LogP contribution in [-0.4, -0.2) is 17.0 Å². The van der Waals surface area contributed by atoms with Crippen molar-refractivity contribution < 1.29 is 19.4 Å². The molecule has 0 saturated carbocycles. The van der Waals surface area contributed by atoms with Crippen LogP contribution in [0.2, 0.25) is 0 Å². The number of carboxylic acid groups (broad SMARTS) is 1. The number of carbonyl (C=O) groups excluding carboxylic acids is 1. The van der Waals surface area contributed by atoms with Crippen molar-refractivity contribution in [1.29, 1.82) is 0 Å². The smallest absolute Gasteiger partial charge is 0.311 e. The lowest BCUT2D eigenvalue weighted by molar-refractivity contribution is -0.144. The molecule has 1 heterocycles. The summed E-state index contributed by atoms with van der Waals surface area (Å²) in [6.45, 7) is 0. The van der Waals surface area contributed by atoms with E-state index in [4.69, 9.17) is 9.84 Å². The summed E-state index contributed by atoms with van der Waals surface area (Å²) in [7, 11) is 0. The lowest BCUT2D eigenvalue weighted by Crippen LogP contribution is -2.17. The fourth-order valence-corrected chi connectivity index (χ4v) is 1.72. The lowest BCUT2D eigenvalue weighted by Gasteiger charge is -2.13. The van der Waals surface area contributed by atoms with E-state index in [1.54, 1.807) is 24.3 Å². The van der Waals surface area contributed by atoms with Gasteiger partial charge in [-0.15, -0.1) is 0 Å². The molecule has 0 aliphatic carbocycles. The van der Waals surface area contributed by atoms with Gasteiger partial charge in [0.25, 0.3) is 0 Å². The third-order valence-corrected chi connectivity index (χ3v) is 2.46. The molecular weight excluding hydrogens is 196 g/mol. The normalized spacial score (nSPS) is 24.9. The number of benzene rings is 1. The first kappa shape index (κ1) is 9.71. The average Bonchev–Trinajstić information content (AvgIpc) is 2.62. The van der Waals surface area contributed by atoms with E-state index in [-0.39, 0.29) is 6.42 Å². The molecule has 2 rings (SSSR count). The van der Waals surface area contributed by atoms with Crippen molar-refractivity contribution >= 4 is 11.9 Å². The molecule has 1 aliphatic rings. The van der Waals surface area contributed by atoms with Gasteiger partial charge in [-0.1, -0.05) is 30.3 Å². The van der Waals surface area contributed by atoms with Crippen LogP contribution in [0, 0.1) is 5.92 Å². The molecular formula is C11H10O4. The minimum Gasteiger partial charge on any atom is -0.481 e. The highest BCUT2D eigenvalue weighted by Gasteiger charge is 2.40. The maximum Gasteiger partial charge on any atom is 0.311 e. The van der Waals surface area contributed by atoms with Gasteiger partial charge >= 0.3 is 11.9 Å². The van der Waals surface area contributed by atoms with Crippen molar-refractivity contribution in [3.05, 3.63) is 35.9 Å². The first-order chi connectivity index (χ1) is 7.18. The largest absolute Gasteiger partial charge is 0.481 e. The molecule has 78 valence electrons. The van der Waals surface area contributed by atoms with Gasteiger partial charge in [0.15, 0.2) is 0 Å². The summed E-state index contributed by atoms with van der Waals surface area (Å²) in [5.41, 5.74) is 0.732. The Morgan fingerprint density at radius 3 is 2.60 bits per heavy atom. The van der Waals surface area contributed by atoms with Crippen LogP contribution < -0.4 is 0 Å². The molecule has 2 atom stereocenters. The van der Waals surface area contributed by atoms with Crippen molar-refractivity contribution in [2.24, 2.45) is 5.92 Å². The van der Waals surface area contributed by atoms with Crippen LogP contribution in [0.3, 0.4) is 0 Å². The Morgan fingerprint density at radius 1 is 1.33 bits per heavy atom. The van der Waals surface area contributed by atoms with Crippen LogP contribution in [0.5, 0.6) is 0 Å². The summed E-state index contributed by atoms with van der Waals surface area (Å²) in [5.74, 6) is -2.20. The molecule has 4 nitrogen and oxygen atoms in total. The van der Waals surface area contributed by atoms with Gasteiger partial charge in [0.1, 0.15) is 12.0 Å². The van der Waals surface area contributed by atoms with Crippen LogP contribution in [0.1, 0.15) is 18.1 Å². The van der Waals surface area contributed by atoms with Crippen LogP contribution in [0.25, 0.3) is 0 Å². The van der Waals surface area contributed by atoms with Gasteiger partial charge < -0.3 is 9.84 Å². The molecule has 1 fully saturated rings. The Bertz CT molecular complexity index is 385. The zero-order valence-corrected chi connectivity index (χ0v) is 7.92. The minimum atomic E-state index is -0.991. The van der Waals surface area contributed by atoms with Gasteiger partial charge in [0, 0.05) is 0 Å². The lowest BCUT2D eigenvalue weighted by atomic mass is 9.95. The fourth-order valence-electron chi connectivity index (χ4n) is 1.72. The Kier molecular flexibility index (Phi) is 2.41. The van der Waals surface area contributed by atoms with Gasteiger partial charge in [-0.05, 0) is 5.56 Å². The molecule has 0 bridgehead atoms. The Morgan fingerprint density at radius 2 is 2.00 bits per heavy atom. The first-order valence-corrected chi connectivity index (χ1v) is 4.65. The highest BCUT2D eigenvalue weighted by atomic mass is 16.6. The summed E-state index contributed by atoms with van der Waals surface area (Å²) >= 11 is 0. The SMILES string of the molecule is O=C1CC(C(=O)O)C(c2ccccc2)O1. The van der Waals surface area contributed by atoms with E-state index >= 15 is 0 Å². The number of esters is 1. The van der Waals surface area contributed by atoms with Gasteiger partial charge in [-0.2, -0.15) is 0 Å². The quantitative estimate of drug-likeness (QED) is 0.742. The highest BCUT2D eigenvalue weighted by Crippen LogP contribution is 2.35. The molecule has 0 amide bonds. The number of ether oxygens (including phenoxy) is 1. The number of cyclic esters (lactones) is 1. The van der Waals surface area contributed by atoms with E-state index < -0.39 is 24.0 Å². The zero-order valence-electron chi connectivity index (χ0n) is 7.92. The Hall–Kier alpha value is -1.84. The summed E-state index contributed by atoms with van der Waals surface area (Å²) in [4.78, 5) is 22.0. The van der Waals surface area contributed by atoms with Crippen molar-refractivity contribution in [2.75, 3.05) is 0 Å². The molecule has 1 aromatic rings. The maximum atomic E-state index is 11.1. The molecule has 1 saturated heterocycles. The second-order valence-electron chi connectivity index (χ2n) is 3.47. The topological polar surface area (TPSA) is 63.6 Å². The van der Waals surface area contributed by atoms with Crippen LogP contribution in [0.15, 0.2) is 30.3 Å². The van der Waals surface area contributed by atoms with E-state index in [1.165, 1.54) is 0 Å². The van der Waals surface area contributed by atoms with Gasteiger partial charge in [0.2, 0.25) is 0 Å². The van der Waals surface area contributed by atoms with E-state index in [1.807, 2.05) is 6.07 Å². The van der Waals surface area contributed by atoms with Crippen LogP contribution >= 0.6 is 0 Å². The van der Waals surface area contributed by atoms with Gasteiger partial charge in [0.05, 0.1) is 6.42 Å². The molecule has 4 heteroatoms. The Balaban J connectivity index is 2.28. The second kappa shape index (κ2) is 3.73. The molecule has 0 radical (unpaired) electrons. The molecule has 0 spiro atoms. The number of carbonyl (C=O) groups is 2. The van der Waals surface area contributed by atoms with Crippen molar-refractivity contribution in [1.82, 2.24) is 0 Å². The molecule has 2 unspecified atom stereocenters. The number of aliphatic carboxylic acids is 1. The van der Waals surface area contributed by atoms with Crippen LogP contribution in [-0.2, 0) is 14.3 Å². The molecule has 15 heavy (non-hydrogen) atoms. The highest BCUT2D eigenvalue weighted by molar-refractivity contribution is 5.82. The predicted molar refractivity (Wildman–Crippen MR) is 51.0 cm³/mol. The maximum absolute atomic E-state index is 11.1. The third-order valence-electron chi connectivity index (χ3n) is 2.46. The van der Waals surface area contributed by atoms with Gasteiger partial charge in [-0.25, -0.2) is 0 Å². The molecule has 1 aliphatic heterocycles. The molecule has 0 aromatic heterocycles. The Labute approximate surface area is 86.5 Å². The first-order valence-electron chi connectivity index (χ1n) is 4.65. The molecule has 1 N–H and O–H groups in total. The summed E-state index contributed by atoms with van der Waals surface area (Å²) in [6, 6.07) is 8.94. The second-order valence-corrected chi connectivity index (χ2v) is 3.47. The standard InChI is InChI=1S/C11H10O4/c12-9-6-8(11(13)14)10(15-9)7-4-2-1-3-5-7/h1-5,8,10H,6H2,(H,13,14). The van der Waals surface area contributed by atoms with Gasteiger partial charge in [-0.3, -0.25) is 9.59 Å². The minimum absolute atomic E-state index is 0.0467. The van der Waals surface area contributed by atoms with E-state index in [9.17, 15) is 9.59 Å². The molecule has 1 aromatic carbocycles. The number of rotatable bonds is 2. The fraction of sp³-hybridized carbons (Fsp3) is 0.273. The van der Waals surface area contributed by atoms with Crippen molar-refractivity contribution in [3.8, 4) is 0 Å². The van der Waals surface area contributed by atoms with Crippen molar-refractivity contribution in [2.45, 2.75) is 12.5 Å². The monoisotopic (exact) mass is 206 g/mol. The number of carboxylic acids is 1. The number of hydrogen-bond donors (Lipinski definition) is 1. The summed E-state index contributed by atoms with van der Waals surface area (Å²) in [6.07, 6.45) is -0.689. The van der Waals surface area contributed by atoms with E-state index in [2.05, 4.69) is 0 Å². The third kappa shape index (κ3) is 1.83. The average molecular weight is 206 g/mol. The van der Waals surface area contributed by atoms with E-state index in [0.29, 0.717) is 0 Å². The summed E-state index contributed by atoms with van der Waals surface area (Å²) < 4.78 is 5.00. The van der Waals surface area contributed by atoms with Crippen molar-refractivity contribution in [3.63, 3.8) is 0 Å². The summed E-state index contributed by atoms with van der Waals surface area (Å²) in [5, 5.41) is 8.93. The number of hydrogen-bond acceptors (Lipinski definition) is 3. The van der Waals surface area contributed by atoms with Crippen LogP contribution in [0.4, 0.5) is 0 Å².